The number of aromatic amines is 1. The van der Waals surface area contributed by atoms with Crippen LogP contribution in [-0.4, -0.2) is 27.1 Å². The molecule has 0 spiro atoms. The number of fused-ring (bicyclic) bond motifs is 1. The molecule has 112 valence electrons. The second-order valence-corrected chi connectivity index (χ2v) is 5.08. The van der Waals surface area contributed by atoms with Crippen LogP contribution in [0.5, 0.6) is 11.5 Å². The Bertz CT molecular complexity index is 767. The van der Waals surface area contributed by atoms with Crippen LogP contribution in [-0.2, 0) is 19.3 Å². The lowest BCUT2D eigenvalue weighted by molar-refractivity contribution is 0.174. The zero-order valence-corrected chi connectivity index (χ0v) is 11.8. The third-order valence-corrected chi connectivity index (χ3v) is 3.49. The number of nitrogens with zero attached hydrogens (tertiary/aromatic N) is 3. The van der Waals surface area contributed by atoms with E-state index in [-0.39, 0.29) is 6.79 Å². The number of ether oxygens (including phenoxy) is 2. The second kappa shape index (κ2) is 5.51. The quantitative estimate of drug-likeness (QED) is 0.774. The minimum absolute atomic E-state index is 0.277. The summed E-state index contributed by atoms with van der Waals surface area (Å²) in [6.45, 7) is 0.277. The summed E-state index contributed by atoms with van der Waals surface area (Å²) in [4.78, 5) is 4.42. The number of benzene rings is 1. The monoisotopic (exact) mass is 298 g/mol. The first-order valence-corrected chi connectivity index (χ1v) is 7.04. The van der Waals surface area contributed by atoms with E-state index in [9.17, 15) is 0 Å². The van der Waals surface area contributed by atoms with Crippen LogP contribution in [0.25, 0.3) is 0 Å². The maximum atomic E-state index is 5.37. The molecule has 0 radical (unpaired) electrons. The Morgan fingerprint density at radius 3 is 2.95 bits per heavy atom. The largest absolute Gasteiger partial charge is 0.454 e. The Hall–Kier alpha value is -2.83. The number of H-pyrrole nitrogens is 1. The van der Waals surface area contributed by atoms with Gasteiger partial charge in [0.1, 0.15) is 0 Å². The number of aryl methyl sites for hydroxylation is 2. The predicted molar refractivity (Wildman–Crippen MR) is 75.7 cm³/mol. The summed E-state index contributed by atoms with van der Waals surface area (Å²) in [6, 6.07) is 5.83. The minimum Gasteiger partial charge on any atom is -0.454 e. The van der Waals surface area contributed by atoms with E-state index in [1.807, 2.05) is 24.4 Å². The number of hydrogen-bond donors (Lipinski definition) is 1. The van der Waals surface area contributed by atoms with Crippen molar-refractivity contribution in [1.82, 2.24) is 20.3 Å². The van der Waals surface area contributed by atoms with E-state index >= 15 is 0 Å². The number of rotatable bonds is 5. The Kier molecular flexibility index (Phi) is 3.23. The minimum atomic E-state index is 0.277. The first-order chi connectivity index (χ1) is 10.9. The molecule has 1 aromatic carbocycles. The number of hydrogen-bond acceptors (Lipinski definition) is 6. The fraction of sp³-hybridized carbons (Fsp3) is 0.267. The first-order valence-electron chi connectivity index (χ1n) is 7.04. The number of aromatic nitrogens is 4. The highest BCUT2D eigenvalue weighted by Gasteiger charge is 2.14. The fourth-order valence-electron chi connectivity index (χ4n) is 2.36. The summed E-state index contributed by atoms with van der Waals surface area (Å²) >= 11 is 0. The number of nitrogens with one attached hydrogen (secondary N) is 1. The molecule has 3 aromatic rings. The molecule has 0 unspecified atom stereocenters. The summed E-state index contributed by atoms with van der Waals surface area (Å²) in [7, 11) is 0. The molecule has 1 aliphatic heterocycles. The average Bonchev–Trinajstić information content (AvgIpc) is 3.27. The van der Waals surface area contributed by atoms with E-state index in [2.05, 4.69) is 20.3 Å². The van der Waals surface area contributed by atoms with Gasteiger partial charge in [-0.1, -0.05) is 11.2 Å². The summed E-state index contributed by atoms with van der Waals surface area (Å²) in [5.41, 5.74) is 2.18. The van der Waals surface area contributed by atoms with E-state index < -0.39 is 0 Å². The molecule has 4 rings (SSSR count). The van der Waals surface area contributed by atoms with Crippen LogP contribution in [0, 0.1) is 0 Å². The molecule has 22 heavy (non-hydrogen) atoms. The van der Waals surface area contributed by atoms with Gasteiger partial charge in [0, 0.05) is 19.0 Å². The molecule has 0 atom stereocenters. The second-order valence-electron chi connectivity index (χ2n) is 5.08. The average molecular weight is 298 g/mol. The van der Waals surface area contributed by atoms with Crippen LogP contribution in [0.1, 0.15) is 22.8 Å². The van der Waals surface area contributed by atoms with Crippen molar-refractivity contribution < 1.29 is 14.0 Å². The molecule has 1 N–H and O–H groups in total. The highest BCUT2D eigenvalue weighted by atomic mass is 16.7. The Balaban J connectivity index is 1.41. The third kappa shape index (κ3) is 2.65. The maximum absolute atomic E-state index is 5.37. The van der Waals surface area contributed by atoms with E-state index in [1.54, 1.807) is 6.20 Å². The van der Waals surface area contributed by atoms with Crippen molar-refractivity contribution in [1.29, 1.82) is 0 Å². The SMILES string of the molecule is c1n[nH]cc1CCc1nc(Cc2ccc3c(c2)OCO3)no1. The van der Waals surface area contributed by atoms with Gasteiger partial charge in [-0.3, -0.25) is 5.10 Å². The van der Waals surface area contributed by atoms with Gasteiger partial charge in [-0.2, -0.15) is 10.1 Å². The van der Waals surface area contributed by atoms with Gasteiger partial charge >= 0.3 is 0 Å². The molecule has 0 saturated carbocycles. The van der Waals surface area contributed by atoms with Gasteiger partial charge in [0.05, 0.1) is 6.20 Å². The van der Waals surface area contributed by atoms with Crippen molar-refractivity contribution >= 4 is 0 Å². The molecule has 0 bridgehead atoms. The van der Waals surface area contributed by atoms with E-state index in [0.717, 1.165) is 29.0 Å². The molecule has 7 heteroatoms. The van der Waals surface area contributed by atoms with Gasteiger partial charge in [0.25, 0.3) is 0 Å². The Morgan fingerprint density at radius 1 is 1.09 bits per heavy atom. The van der Waals surface area contributed by atoms with Crippen LogP contribution in [0.3, 0.4) is 0 Å². The molecule has 0 amide bonds. The van der Waals surface area contributed by atoms with Crippen LogP contribution in [0.4, 0.5) is 0 Å². The summed E-state index contributed by atoms with van der Waals surface area (Å²) in [5, 5.41) is 10.7. The molecular formula is C15H14N4O3. The van der Waals surface area contributed by atoms with Crippen molar-refractivity contribution in [3.63, 3.8) is 0 Å². The molecule has 0 saturated heterocycles. The van der Waals surface area contributed by atoms with Crippen LogP contribution in [0.2, 0.25) is 0 Å². The van der Waals surface area contributed by atoms with Crippen molar-refractivity contribution in [2.24, 2.45) is 0 Å². The standard InChI is InChI=1S/C15H14N4O3/c1-3-12-13(21-9-20-12)5-10(1)6-14-18-15(22-19-14)4-2-11-7-16-17-8-11/h1,3,5,7-8H,2,4,6,9H2,(H,16,17). The molecule has 3 heterocycles. The first kappa shape index (κ1) is 12.9. The van der Waals surface area contributed by atoms with Gasteiger partial charge in [0.15, 0.2) is 17.3 Å². The summed E-state index contributed by atoms with van der Waals surface area (Å²) in [6.07, 6.45) is 5.79. The molecule has 1 aliphatic rings. The highest BCUT2D eigenvalue weighted by Crippen LogP contribution is 2.32. The van der Waals surface area contributed by atoms with Gasteiger partial charge in [-0.05, 0) is 29.7 Å². The van der Waals surface area contributed by atoms with E-state index in [4.69, 9.17) is 14.0 Å². The van der Waals surface area contributed by atoms with Crippen LogP contribution < -0.4 is 9.47 Å². The van der Waals surface area contributed by atoms with Gasteiger partial charge in [-0.25, -0.2) is 0 Å². The summed E-state index contributed by atoms with van der Waals surface area (Å²) in [5.74, 6) is 2.84. The van der Waals surface area contributed by atoms with Gasteiger partial charge in [0.2, 0.25) is 12.7 Å². The predicted octanol–water partition coefficient (Wildman–Crippen LogP) is 1.90. The Morgan fingerprint density at radius 2 is 2.05 bits per heavy atom. The zero-order chi connectivity index (χ0) is 14.8. The molecular weight excluding hydrogens is 284 g/mol. The normalized spacial score (nSPS) is 12.7. The zero-order valence-electron chi connectivity index (χ0n) is 11.8. The van der Waals surface area contributed by atoms with Crippen LogP contribution in [0.15, 0.2) is 35.1 Å². The maximum Gasteiger partial charge on any atom is 0.231 e. The van der Waals surface area contributed by atoms with Crippen molar-refractivity contribution in [2.75, 3.05) is 6.79 Å². The smallest absolute Gasteiger partial charge is 0.231 e. The van der Waals surface area contributed by atoms with Gasteiger partial charge < -0.3 is 14.0 Å². The lowest BCUT2D eigenvalue weighted by Crippen LogP contribution is -1.94. The summed E-state index contributed by atoms with van der Waals surface area (Å²) < 4.78 is 15.9. The fourth-order valence-corrected chi connectivity index (χ4v) is 2.36. The third-order valence-electron chi connectivity index (χ3n) is 3.49. The van der Waals surface area contributed by atoms with Crippen LogP contribution >= 0.6 is 0 Å². The lowest BCUT2D eigenvalue weighted by atomic mass is 10.1. The van der Waals surface area contributed by atoms with Gasteiger partial charge in [-0.15, -0.1) is 0 Å². The van der Waals surface area contributed by atoms with Crippen molar-refractivity contribution in [3.8, 4) is 11.5 Å². The lowest BCUT2D eigenvalue weighted by Gasteiger charge is -1.99. The topological polar surface area (TPSA) is 86.1 Å². The molecule has 0 aliphatic carbocycles. The van der Waals surface area contributed by atoms with E-state index in [0.29, 0.717) is 24.6 Å². The highest BCUT2D eigenvalue weighted by molar-refractivity contribution is 5.45. The molecule has 2 aromatic heterocycles. The van der Waals surface area contributed by atoms with Crippen molar-refractivity contribution in [2.45, 2.75) is 19.3 Å². The Labute approximate surface area is 126 Å². The van der Waals surface area contributed by atoms with E-state index in [1.165, 1.54) is 0 Å². The molecule has 0 fully saturated rings. The van der Waals surface area contributed by atoms with Crippen molar-refractivity contribution in [3.05, 3.63) is 53.4 Å². The molecule has 7 nitrogen and oxygen atoms in total.